The molecule has 1 aliphatic heterocycles. The molecule has 1 amide bonds. The zero-order valence-electron chi connectivity index (χ0n) is 14.7. The molecule has 6 nitrogen and oxygen atoms in total. The van der Waals surface area contributed by atoms with Crippen molar-refractivity contribution in [3.05, 3.63) is 35.9 Å². The molecule has 0 aliphatic carbocycles. The van der Waals surface area contributed by atoms with Gasteiger partial charge in [0.1, 0.15) is 5.75 Å². The molecule has 1 saturated heterocycles. The molecule has 2 rings (SSSR count). The summed E-state index contributed by atoms with van der Waals surface area (Å²) in [6.07, 6.45) is 3.69. The normalized spacial score (nSPS) is 19.2. The van der Waals surface area contributed by atoms with Gasteiger partial charge in [0.25, 0.3) is 0 Å². The fourth-order valence-corrected chi connectivity index (χ4v) is 4.52. The predicted octanol–water partition coefficient (Wildman–Crippen LogP) is 1.76. The van der Waals surface area contributed by atoms with Crippen molar-refractivity contribution in [1.82, 2.24) is 4.90 Å². The molecule has 0 spiro atoms. The second-order valence-corrected chi connectivity index (χ2v) is 8.15. The fraction of sp³-hybridized carbons (Fsp3) is 0.500. The predicted molar refractivity (Wildman–Crippen MR) is 97.3 cm³/mol. The van der Waals surface area contributed by atoms with Crippen LogP contribution in [0.4, 0.5) is 0 Å². The summed E-state index contributed by atoms with van der Waals surface area (Å²) in [5.41, 5.74) is 0.877. The molecule has 0 radical (unpaired) electrons. The van der Waals surface area contributed by atoms with Crippen LogP contribution >= 0.6 is 0 Å². The Kier molecular flexibility index (Phi) is 7.01. The van der Waals surface area contributed by atoms with E-state index in [4.69, 9.17) is 9.47 Å². The minimum Gasteiger partial charge on any atom is -0.494 e. The van der Waals surface area contributed by atoms with E-state index >= 15 is 0 Å². The quantitative estimate of drug-likeness (QED) is 0.655. The third-order valence-electron chi connectivity index (χ3n) is 4.08. The van der Waals surface area contributed by atoms with Gasteiger partial charge in [-0.2, -0.15) is 0 Å². The van der Waals surface area contributed by atoms with Crippen molar-refractivity contribution >= 4 is 21.8 Å². The van der Waals surface area contributed by atoms with E-state index in [1.807, 2.05) is 31.2 Å². The zero-order valence-corrected chi connectivity index (χ0v) is 15.5. The Balaban J connectivity index is 2.05. The summed E-state index contributed by atoms with van der Waals surface area (Å²) in [5.74, 6) is 0.744. The van der Waals surface area contributed by atoms with Gasteiger partial charge in [0.05, 0.1) is 24.7 Å². The number of ether oxygens (including phenoxy) is 2. The second-order valence-electron chi connectivity index (χ2n) is 5.92. The van der Waals surface area contributed by atoms with Gasteiger partial charge in [0.15, 0.2) is 9.84 Å². The van der Waals surface area contributed by atoms with Gasteiger partial charge in [-0.05, 0) is 37.1 Å². The van der Waals surface area contributed by atoms with Gasteiger partial charge in [0.2, 0.25) is 5.91 Å². The fourth-order valence-electron chi connectivity index (χ4n) is 2.79. The van der Waals surface area contributed by atoms with Crippen LogP contribution in [0.15, 0.2) is 30.3 Å². The molecule has 0 bridgehead atoms. The van der Waals surface area contributed by atoms with Crippen molar-refractivity contribution in [2.24, 2.45) is 0 Å². The molecule has 0 aromatic heterocycles. The highest BCUT2D eigenvalue weighted by molar-refractivity contribution is 7.91. The Labute approximate surface area is 149 Å². The van der Waals surface area contributed by atoms with E-state index in [0.717, 1.165) is 11.3 Å². The molecule has 0 saturated carbocycles. The summed E-state index contributed by atoms with van der Waals surface area (Å²) in [5, 5.41) is 0. The van der Waals surface area contributed by atoms with E-state index in [9.17, 15) is 13.2 Å². The molecular formula is C18H25NO5S. The summed E-state index contributed by atoms with van der Waals surface area (Å²) >= 11 is 0. The molecule has 138 valence electrons. The maximum absolute atomic E-state index is 12.6. The molecule has 1 atom stereocenters. The molecular weight excluding hydrogens is 342 g/mol. The highest BCUT2D eigenvalue weighted by Gasteiger charge is 2.33. The van der Waals surface area contributed by atoms with Crippen molar-refractivity contribution < 1.29 is 22.7 Å². The van der Waals surface area contributed by atoms with E-state index in [1.54, 1.807) is 18.1 Å². The third-order valence-corrected chi connectivity index (χ3v) is 5.83. The standard InChI is InChI=1S/C18H25NO5S/c1-3-24-17-7-4-15(5-8-17)6-9-18(20)19(11-12-23-2)16-10-13-25(21,22)14-16/h4-9,16H,3,10-14H2,1-2H3/b9-6+/t16-/m1/s1. The number of rotatable bonds is 8. The number of methoxy groups -OCH3 is 1. The molecule has 1 aromatic carbocycles. The van der Waals surface area contributed by atoms with E-state index < -0.39 is 9.84 Å². The number of amides is 1. The number of hydrogen-bond donors (Lipinski definition) is 0. The second kappa shape index (κ2) is 9.01. The first-order chi connectivity index (χ1) is 11.9. The number of sulfone groups is 1. The van der Waals surface area contributed by atoms with Gasteiger partial charge in [-0.1, -0.05) is 12.1 Å². The van der Waals surface area contributed by atoms with E-state index in [0.29, 0.717) is 26.2 Å². The molecule has 0 unspecified atom stereocenters. The summed E-state index contributed by atoms with van der Waals surface area (Å²) in [6, 6.07) is 7.15. The highest BCUT2D eigenvalue weighted by atomic mass is 32.2. The van der Waals surface area contributed by atoms with Crippen LogP contribution in [-0.4, -0.2) is 63.6 Å². The van der Waals surface area contributed by atoms with Gasteiger partial charge in [-0.15, -0.1) is 0 Å². The molecule has 1 heterocycles. The smallest absolute Gasteiger partial charge is 0.246 e. The molecule has 7 heteroatoms. The minimum absolute atomic E-state index is 0.0271. The molecule has 25 heavy (non-hydrogen) atoms. The summed E-state index contributed by atoms with van der Waals surface area (Å²) in [4.78, 5) is 14.2. The Morgan fingerprint density at radius 3 is 2.60 bits per heavy atom. The third kappa shape index (κ3) is 5.86. The van der Waals surface area contributed by atoms with Crippen LogP contribution in [0.25, 0.3) is 6.08 Å². The van der Waals surface area contributed by atoms with E-state index in [2.05, 4.69) is 0 Å². The molecule has 1 fully saturated rings. The van der Waals surface area contributed by atoms with Crippen molar-refractivity contribution in [3.8, 4) is 5.75 Å². The van der Waals surface area contributed by atoms with Crippen molar-refractivity contribution in [2.75, 3.05) is 38.4 Å². The number of carbonyl (C=O) groups is 1. The minimum atomic E-state index is -3.05. The average molecular weight is 367 g/mol. The van der Waals surface area contributed by atoms with Gasteiger partial charge >= 0.3 is 0 Å². The first kappa shape index (κ1) is 19.5. The lowest BCUT2D eigenvalue weighted by atomic mass is 10.2. The Bertz CT molecular complexity index is 697. The first-order valence-corrected chi connectivity index (χ1v) is 10.2. The largest absolute Gasteiger partial charge is 0.494 e. The van der Waals surface area contributed by atoms with Gasteiger partial charge in [-0.25, -0.2) is 8.42 Å². The molecule has 1 aromatic rings. The Hall–Kier alpha value is -1.86. The van der Waals surface area contributed by atoms with Gasteiger partial charge in [-0.3, -0.25) is 4.79 Å². The number of nitrogens with zero attached hydrogens (tertiary/aromatic N) is 1. The van der Waals surface area contributed by atoms with Crippen LogP contribution in [0.3, 0.4) is 0 Å². The number of benzene rings is 1. The number of carbonyl (C=O) groups excluding carboxylic acids is 1. The van der Waals surface area contributed by atoms with Crippen LogP contribution in [-0.2, 0) is 19.4 Å². The van der Waals surface area contributed by atoms with Crippen LogP contribution in [0.2, 0.25) is 0 Å². The molecule has 1 aliphatic rings. The molecule has 0 N–H and O–H groups in total. The van der Waals surface area contributed by atoms with Gasteiger partial charge < -0.3 is 14.4 Å². The van der Waals surface area contributed by atoms with E-state index in [1.165, 1.54) is 6.08 Å². The van der Waals surface area contributed by atoms with Crippen molar-refractivity contribution in [2.45, 2.75) is 19.4 Å². The first-order valence-electron chi connectivity index (χ1n) is 8.36. The Morgan fingerprint density at radius 1 is 1.32 bits per heavy atom. The Morgan fingerprint density at radius 2 is 2.04 bits per heavy atom. The van der Waals surface area contributed by atoms with E-state index in [-0.39, 0.29) is 23.5 Å². The lowest BCUT2D eigenvalue weighted by Gasteiger charge is -2.26. The zero-order chi connectivity index (χ0) is 18.3. The topological polar surface area (TPSA) is 72.9 Å². The SMILES string of the molecule is CCOc1ccc(/C=C/C(=O)N(CCOC)[C@@H]2CCS(=O)(=O)C2)cc1. The summed E-state index contributed by atoms with van der Waals surface area (Å²) in [7, 11) is -1.49. The average Bonchev–Trinajstić information content (AvgIpc) is 2.94. The van der Waals surface area contributed by atoms with Gasteiger partial charge in [0, 0.05) is 25.8 Å². The summed E-state index contributed by atoms with van der Waals surface area (Å²) < 4.78 is 33.9. The highest BCUT2D eigenvalue weighted by Crippen LogP contribution is 2.19. The lowest BCUT2D eigenvalue weighted by Crippen LogP contribution is -2.42. The monoisotopic (exact) mass is 367 g/mol. The maximum atomic E-state index is 12.6. The van der Waals surface area contributed by atoms with Crippen molar-refractivity contribution in [1.29, 1.82) is 0 Å². The van der Waals surface area contributed by atoms with Crippen molar-refractivity contribution in [3.63, 3.8) is 0 Å². The van der Waals surface area contributed by atoms with Crippen LogP contribution in [0.5, 0.6) is 5.75 Å². The number of hydrogen-bond acceptors (Lipinski definition) is 5. The summed E-state index contributed by atoms with van der Waals surface area (Å²) in [6.45, 7) is 3.28. The van der Waals surface area contributed by atoms with Crippen LogP contribution in [0.1, 0.15) is 18.9 Å². The van der Waals surface area contributed by atoms with Crippen LogP contribution in [0, 0.1) is 0 Å². The lowest BCUT2D eigenvalue weighted by molar-refractivity contribution is -0.128. The van der Waals surface area contributed by atoms with Crippen LogP contribution < -0.4 is 4.74 Å². The maximum Gasteiger partial charge on any atom is 0.246 e.